The molecule has 0 amide bonds. The van der Waals surface area contributed by atoms with E-state index in [1.165, 1.54) is 5.56 Å². The molecule has 0 fully saturated rings. The van der Waals surface area contributed by atoms with Crippen molar-refractivity contribution in [3.8, 4) is 0 Å². The molecule has 1 aliphatic heterocycles. The van der Waals surface area contributed by atoms with Crippen LogP contribution in [0.5, 0.6) is 0 Å². The van der Waals surface area contributed by atoms with Crippen LogP contribution in [0.1, 0.15) is 21.5 Å². The highest BCUT2D eigenvalue weighted by atomic mass is 16.5. The van der Waals surface area contributed by atoms with Crippen LogP contribution in [0.25, 0.3) is 5.76 Å². The van der Waals surface area contributed by atoms with Gasteiger partial charge >= 0.3 is 0 Å². The van der Waals surface area contributed by atoms with Crippen molar-refractivity contribution < 1.29 is 9.53 Å². The molecule has 0 aromatic heterocycles. The minimum Gasteiger partial charge on any atom is -0.492 e. The summed E-state index contributed by atoms with van der Waals surface area (Å²) in [4.78, 5) is 12.2. The maximum atomic E-state index is 12.2. The van der Waals surface area contributed by atoms with Crippen molar-refractivity contribution in [3.05, 3.63) is 77.4 Å². The van der Waals surface area contributed by atoms with Gasteiger partial charge in [0.2, 0.25) is 0 Å². The Hall–Kier alpha value is -2.35. The molecule has 0 bridgehead atoms. The Kier molecular flexibility index (Phi) is 3.15. The molecule has 2 heteroatoms. The summed E-state index contributed by atoms with van der Waals surface area (Å²) < 4.78 is 5.64. The third-order valence-electron chi connectivity index (χ3n) is 3.23. The third-order valence-corrected chi connectivity index (χ3v) is 3.23. The number of ketones is 1. The van der Waals surface area contributed by atoms with E-state index in [0.717, 1.165) is 12.0 Å². The molecule has 3 rings (SSSR count). The standard InChI is InChI=1S/C17H14O2/c18-16(14-7-2-1-3-8-14)12-17-15-9-5-4-6-13(15)10-11-19-17/h1-9,12H,10-11H2/b17-12-. The SMILES string of the molecule is O=C(/C=C1\OCCc2ccccc21)c1ccccc1. The summed E-state index contributed by atoms with van der Waals surface area (Å²) in [5.74, 6) is 0.656. The normalized spacial score (nSPS) is 15.7. The molecule has 1 heterocycles. The average molecular weight is 250 g/mol. The molecule has 0 unspecified atom stereocenters. The Balaban J connectivity index is 1.95. The zero-order valence-electron chi connectivity index (χ0n) is 10.5. The predicted octanol–water partition coefficient (Wildman–Crippen LogP) is 3.48. The molecule has 0 N–H and O–H groups in total. The first-order valence-corrected chi connectivity index (χ1v) is 6.37. The fourth-order valence-electron chi connectivity index (χ4n) is 2.25. The van der Waals surface area contributed by atoms with Crippen molar-refractivity contribution in [1.29, 1.82) is 0 Å². The molecule has 1 aliphatic rings. The van der Waals surface area contributed by atoms with E-state index in [1.807, 2.05) is 48.5 Å². The Bertz CT molecular complexity index is 627. The quantitative estimate of drug-likeness (QED) is 0.602. The predicted molar refractivity (Wildman–Crippen MR) is 74.8 cm³/mol. The summed E-state index contributed by atoms with van der Waals surface area (Å²) in [6.07, 6.45) is 2.49. The molecule has 0 radical (unpaired) electrons. The van der Waals surface area contributed by atoms with Crippen LogP contribution in [-0.4, -0.2) is 12.4 Å². The number of rotatable bonds is 2. The van der Waals surface area contributed by atoms with Gasteiger partial charge in [0, 0.05) is 23.6 Å². The van der Waals surface area contributed by atoms with E-state index < -0.39 is 0 Å². The van der Waals surface area contributed by atoms with Crippen LogP contribution < -0.4 is 0 Å². The van der Waals surface area contributed by atoms with Gasteiger partial charge in [0.1, 0.15) is 5.76 Å². The number of carbonyl (C=O) groups excluding carboxylic acids is 1. The van der Waals surface area contributed by atoms with E-state index in [2.05, 4.69) is 6.07 Å². The minimum absolute atomic E-state index is 0.0210. The summed E-state index contributed by atoms with van der Waals surface area (Å²) in [5.41, 5.74) is 2.94. The van der Waals surface area contributed by atoms with Gasteiger partial charge in [-0.3, -0.25) is 4.79 Å². The molecule has 0 atom stereocenters. The zero-order valence-corrected chi connectivity index (χ0v) is 10.5. The van der Waals surface area contributed by atoms with E-state index in [1.54, 1.807) is 6.08 Å². The monoisotopic (exact) mass is 250 g/mol. The first-order chi connectivity index (χ1) is 9.34. The smallest absolute Gasteiger partial charge is 0.189 e. The fraction of sp³-hybridized carbons (Fsp3) is 0.118. The molecule has 94 valence electrons. The summed E-state index contributed by atoms with van der Waals surface area (Å²) in [5, 5.41) is 0. The molecular weight excluding hydrogens is 236 g/mol. The van der Waals surface area contributed by atoms with Gasteiger partial charge in [-0.2, -0.15) is 0 Å². The first-order valence-electron chi connectivity index (χ1n) is 6.37. The zero-order chi connectivity index (χ0) is 13.1. The lowest BCUT2D eigenvalue weighted by Crippen LogP contribution is -2.10. The van der Waals surface area contributed by atoms with E-state index in [-0.39, 0.29) is 5.78 Å². The number of hydrogen-bond donors (Lipinski definition) is 0. The van der Waals surface area contributed by atoms with Gasteiger partial charge in [-0.15, -0.1) is 0 Å². The van der Waals surface area contributed by atoms with Crippen molar-refractivity contribution in [2.24, 2.45) is 0 Å². The number of hydrogen-bond acceptors (Lipinski definition) is 2. The van der Waals surface area contributed by atoms with Gasteiger partial charge in [-0.25, -0.2) is 0 Å². The minimum atomic E-state index is -0.0210. The van der Waals surface area contributed by atoms with Crippen LogP contribution in [0.3, 0.4) is 0 Å². The van der Waals surface area contributed by atoms with Crippen molar-refractivity contribution >= 4 is 11.5 Å². The molecule has 2 aromatic carbocycles. The van der Waals surface area contributed by atoms with Gasteiger partial charge in [0.15, 0.2) is 5.78 Å². The van der Waals surface area contributed by atoms with Crippen LogP contribution in [0.4, 0.5) is 0 Å². The van der Waals surface area contributed by atoms with Gasteiger partial charge < -0.3 is 4.74 Å². The lowest BCUT2D eigenvalue weighted by molar-refractivity contribution is 0.104. The molecule has 19 heavy (non-hydrogen) atoms. The van der Waals surface area contributed by atoms with E-state index >= 15 is 0 Å². The van der Waals surface area contributed by atoms with Crippen molar-refractivity contribution in [3.63, 3.8) is 0 Å². The van der Waals surface area contributed by atoms with Crippen LogP contribution in [0.2, 0.25) is 0 Å². The number of carbonyl (C=O) groups is 1. The number of ether oxygens (including phenoxy) is 1. The Morgan fingerprint density at radius 2 is 1.74 bits per heavy atom. The third kappa shape index (κ3) is 2.43. The lowest BCUT2D eigenvalue weighted by Gasteiger charge is -2.19. The van der Waals surface area contributed by atoms with Gasteiger partial charge in [0.05, 0.1) is 6.61 Å². The maximum absolute atomic E-state index is 12.2. The van der Waals surface area contributed by atoms with Crippen LogP contribution >= 0.6 is 0 Å². The number of fused-ring (bicyclic) bond motifs is 1. The lowest BCUT2D eigenvalue weighted by atomic mass is 9.99. The molecule has 2 nitrogen and oxygen atoms in total. The highest BCUT2D eigenvalue weighted by molar-refractivity contribution is 6.08. The number of benzene rings is 2. The second kappa shape index (κ2) is 5.11. The number of allylic oxidation sites excluding steroid dienone is 1. The maximum Gasteiger partial charge on any atom is 0.189 e. The first kappa shape index (κ1) is 11.7. The molecule has 0 saturated carbocycles. The summed E-state index contributed by atoms with van der Waals surface area (Å²) in [7, 11) is 0. The van der Waals surface area contributed by atoms with Gasteiger partial charge in [0.25, 0.3) is 0 Å². The summed E-state index contributed by atoms with van der Waals surface area (Å²) in [6.45, 7) is 0.630. The van der Waals surface area contributed by atoms with Crippen molar-refractivity contribution in [1.82, 2.24) is 0 Å². The topological polar surface area (TPSA) is 26.3 Å². The summed E-state index contributed by atoms with van der Waals surface area (Å²) >= 11 is 0. The highest BCUT2D eigenvalue weighted by Gasteiger charge is 2.16. The van der Waals surface area contributed by atoms with Crippen LogP contribution in [0, 0.1) is 0 Å². The largest absolute Gasteiger partial charge is 0.492 e. The molecule has 0 saturated heterocycles. The molecular formula is C17H14O2. The average Bonchev–Trinajstić information content (AvgIpc) is 2.48. The van der Waals surface area contributed by atoms with Crippen LogP contribution in [-0.2, 0) is 11.2 Å². The van der Waals surface area contributed by atoms with Gasteiger partial charge in [-0.1, -0.05) is 54.6 Å². The Morgan fingerprint density at radius 3 is 2.58 bits per heavy atom. The molecule has 0 aliphatic carbocycles. The Labute approximate surface area is 112 Å². The van der Waals surface area contributed by atoms with Gasteiger partial charge in [-0.05, 0) is 5.56 Å². The molecule has 2 aromatic rings. The second-order valence-electron chi connectivity index (χ2n) is 4.49. The van der Waals surface area contributed by atoms with E-state index in [0.29, 0.717) is 17.9 Å². The summed E-state index contributed by atoms with van der Waals surface area (Å²) in [6, 6.07) is 17.3. The van der Waals surface area contributed by atoms with Crippen molar-refractivity contribution in [2.75, 3.05) is 6.61 Å². The van der Waals surface area contributed by atoms with Crippen molar-refractivity contribution in [2.45, 2.75) is 6.42 Å². The highest BCUT2D eigenvalue weighted by Crippen LogP contribution is 2.26. The molecule has 0 spiro atoms. The Morgan fingerprint density at radius 1 is 1.00 bits per heavy atom. The van der Waals surface area contributed by atoms with E-state index in [4.69, 9.17) is 4.74 Å². The second-order valence-corrected chi connectivity index (χ2v) is 4.49. The van der Waals surface area contributed by atoms with E-state index in [9.17, 15) is 4.79 Å². The fourth-order valence-corrected chi connectivity index (χ4v) is 2.25. The van der Waals surface area contributed by atoms with Crippen LogP contribution in [0.15, 0.2) is 60.7 Å².